The standard InChI is InChI=1S/C15H21F2NO2/c1-2-14-12(7-8-19-14)10-18-9-11-3-5-13(6-4-11)20-15(16)17/h3-6,12,14-15,18H,2,7-10H2,1H3. The van der Waals surface area contributed by atoms with Crippen molar-refractivity contribution in [3.05, 3.63) is 29.8 Å². The molecule has 2 unspecified atom stereocenters. The Morgan fingerprint density at radius 2 is 2.10 bits per heavy atom. The summed E-state index contributed by atoms with van der Waals surface area (Å²) in [7, 11) is 0. The highest BCUT2D eigenvalue weighted by atomic mass is 19.3. The molecule has 1 saturated heterocycles. The summed E-state index contributed by atoms with van der Waals surface area (Å²) in [6.07, 6.45) is 2.52. The Morgan fingerprint density at radius 1 is 1.35 bits per heavy atom. The van der Waals surface area contributed by atoms with Crippen molar-refractivity contribution in [2.45, 2.75) is 39.0 Å². The van der Waals surface area contributed by atoms with Crippen LogP contribution in [0.3, 0.4) is 0 Å². The van der Waals surface area contributed by atoms with Crippen molar-refractivity contribution in [1.29, 1.82) is 0 Å². The fourth-order valence-corrected chi connectivity index (χ4v) is 2.57. The van der Waals surface area contributed by atoms with Gasteiger partial charge in [0.05, 0.1) is 6.10 Å². The lowest BCUT2D eigenvalue weighted by Gasteiger charge is -2.17. The minimum absolute atomic E-state index is 0.194. The zero-order valence-corrected chi connectivity index (χ0v) is 11.6. The van der Waals surface area contributed by atoms with E-state index in [1.807, 2.05) is 0 Å². The lowest BCUT2D eigenvalue weighted by Crippen LogP contribution is -2.27. The molecule has 1 aliphatic rings. The molecule has 5 heteroatoms. The zero-order valence-electron chi connectivity index (χ0n) is 11.6. The van der Waals surface area contributed by atoms with Crippen LogP contribution in [0.2, 0.25) is 0 Å². The number of alkyl halides is 2. The van der Waals surface area contributed by atoms with Gasteiger partial charge in [-0.25, -0.2) is 0 Å². The number of nitrogens with one attached hydrogen (secondary N) is 1. The number of hydrogen-bond acceptors (Lipinski definition) is 3. The molecule has 2 rings (SSSR count). The van der Waals surface area contributed by atoms with Gasteiger partial charge in [-0.05, 0) is 36.5 Å². The number of hydrogen-bond donors (Lipinski definition) is 1. The Bertz CT molecular complexity index is 397. The third-order valence-corrected chi connectivity index (χ3v) is 3.63. The fraction of sp³-hybridized carbons (Fsp3) is 0.600. The molecule has 0 amide bonds. The molecule has 112 valence electrons. The van der Waals surface area contributed by atoms with Crippen LogP contribution in [0, 0.1) is 5.92 Å². The molecule has 1 aliphatic heterocycles. The molecule has 0 aliphatic carbocycles. The second-order valence-corrected chi connectivity index (χ2v) is 5.02. The van der Waals surface area contributed by atoms with Gasteiger partial charge in [-0.15, -0.1) is 0 Å². The lowest BCUT2D eigenvalue weighted by atomic mass is 9.99. The second-order valence-electron chi connectivity index (χ2n) is 5.02. The predicted octanol–water partition coefficient (Wildman–Crippen LogP) is 3.19. The summed E-state index contributed by atoms with van der Waals surface area (Å²) in [6.45, 7) is 1.87. The molecule has 1 fully saturated rings. The summed E-state index contributed by atoms with van der Waals surface area (Å²) in [5.74, 6) is 0.764. The first kappa shape index (κ1) is 15.2. The molecular weight excluding hydrogens is 264 g/mol. The number of benzene rings is 1. The molecular formula is C15H21F2NO2. The zero-order chi connectivity index (χ0) is 14.4. The van der Waals surface area contributed by atoms with E-state index in [4.69, 9.17) is 4.74 Å². The summed E-state index contributed by atoms with van der Waals surface area (Å²) in [5.41, 5.74) is 1.05. The molecule has 0 bridgehead atoms. The van der Waals surface area contributed by atoms with Crippen LogP contribution in [-0.2, 0) is 11.3 Å². The molecule has 2 atom stereocenters. The normalized spacial score (nSPS) is 22.4. The van der Waals surface area contributed by atoms with Crippen molar-refractivity contribution in [2.24, 2.45) is 5.92 Å². The maximum absolute atomic E-state index is 12.0. The number of halogens is 2. The van der Waals surface area contributed by atoms with E-state index in [-0.39, 0.29) is 5.75 Å². The molecule has 1 aromatic carbocycles. The van der Waals surface area contributed by atoms with Crippen molar-refractivity contribution in [3.8, 4) is 5.75 Å². The smallest absolute Gasteiger partial charge is 0.387 e. The highest BCUT2D eigenvalue weighted by Crippen LogP contribution is 2.22. The van der Waals surface area contributed by atoms with Crippen molar-refractivity contribution >= 4 is 0 Å². The largest absolute Gasteiger partial charge is 0.435 e. The van der Waals surface area contributed by atoms with Gasteiger partial charge >= 0.3 is 6.61 Å². The van der Waals surface area contributed by atoms with E-state index in [0.717, 1.165) is 38.1 Å². The summed E-state index contributed by atoms with van der Waals surface area (Å²) in [4.78, 5) is 0. The maximum Gasteiger partial charge on any atom is 0.387 e. The van der Waals surface area contributed by atoms with Crippen LogP contribution in [-0.4, -0.2) is 25.9 Å². The molecule has 3 nitrogen and oxygen atoms in total. The summed E-state index contributed by atoms with van der Waals surface area (Å²) in [5, 5.41) is 3.40. The Hall–Kier alpha value is -1.20. The average Bonchev–Trinajstić information content (AvgIpc) is 2.87. The molecule has 0 saturated carbocycles. The van der Waals surface area contributed by atoms with Crippen molar-refractivity contribution < 1.29 is 18.3 Å². The monoisotopic (exact) mass is 285 g/mol. The minimum Gasteiger partial charge on any atom is -0.435 e. The second kappa shape index (κ2) is 7.55. The van der Waals surface area contributed by atoms with Crippen LogP contribution in [0.4, 0.5) is 8.78 Å². The Morgan fingerprint density at radius 3 is 2.75 bits per heavy atom. The fourth-order valence-electron chi connectivity index (χ4n) is 2.57. The summed E-state index contributed by atoms with van der Waals surface area (Å²) < 4.78 is 34.0. The first-order valence-corrected chi connectivity index (χ1v) is 7.05. The minimum atomic E-state index is -2.77. The van der Waals surface area contributed by atoms with Gasteiger partial charge in [0.25, 0.3) is 0 Å². The highest BCUT2D eigenvalue weighted by molar-refractivity contribution is 5.27. The van der Waals surface area contributed by atoms with E-state index in [1.54, 1.807) is 24.3 Å². The number of rotatable bonds is 7. The number of ether oxygens (including phenoxy) is 2. The van der Waals surface area contributed by atoms with Gasteiger partial charge in [-0.3, -0.25) is 0 Å². The molecule has 20 heavy (non-hydrogen) atoms. The van der Waals surface area contributed by atoms with Gasteiger partial charge in [-0.2, -0.15) is 8.78 Å². The quantitative estimate of drug-likeness (QED) is 0.834. The van der Waals surface area contributed by atoms with Gasteiger partial charge in [0.15, 0.2) is 0 Å². The molecule has 1 heterocycles. The molecule has 0 spiro atoms. The molecule has 0 aromatic heterocycles. The van der Waals surface area contributed by atoms with E-state index < -0.39 is 6.61 Å². The van der Waals surface area contributed by atoms with E-state index in [0.29, 0.717) is 12.0 Å². The van der Waals surface area contributed by atoms with E-state index in [1.165, 1.54) is 0 Å². The summed E-state index contributed by atoms with van der Waals surface area (Å²) >= 11 is 0. The summed E-state index contributed by atoms with van der Waals surface area (Å²) in [6, 6.07) is 6.73. The SMILES string of the molecule is CCC1OCCC1CNCc1ccc(OC(F)F)cc1. The van der Waals surface area contributed by atoms with Crippen LogP contribution in [0.25, 0.3) is 0 Å². The Kier molecular flexibility index (Phi) is 5.73. The van der Waals surface area contributed by atoms with Gasteiger partial charge in [0, 0.05) is 19.7 Å². The van der Waals surface area contributed by atoms with E-state index in [2.05, 4.69) is 17.0 Å². The molecule has 0 radical (unpaired) electrons. The van der Waals surface area contributed by atoms with Crippen LogP contribution in [0.1, 0.15) is 25.3 Å². The van der Waals surface area contributed by atoms with Crippen LogP contribution in [0.5, 0.6) is 5.75 Å². The van der Waals surface area contributed by atoms with E-state index in [9.17, 15) is 8.78 Å². The highest BCUT2D eigenvalue weighted by Gasteiger charge is 2.25. The van der Waals surface area contributed by atoms with Crippen LogP contribution >= 0.6 is 0 Å². The third-order valence-electron chi connectivity index (χ3n) is 3.63. The maximum atomic E-state index is 12.0. The molecule has 1 N–H and O–H groups in total. The topological polar surface area (TPSA) is 30.5 Å². The lowest BCUT2D eigenvalue weighted by molar-refractivity contribution is -0.0498. The van der Waals surface area contributed by atoms with Crippen molar-refractivity contribution in [3.63, 3.8) is 0 Å². The predicted molar refractivity (Wildman–Crippen MR) is 72.9 cm³/mol. The van der Waals surface area contributed by atoms with Gasteiger partial charge in [0.1, 0.15) is 5.75 Å². The molecule has 1 aromatic rings. The van der Waals surface area contributed by atoms with Crippen molar-refractivity contribution in [2.75, 3.05) is 13.2 Å². The first-order chi connectivity index (χ1) is 9.69. The van der Waals surface area contributed by atoms with E-state index >= 15 is 0 Å². The van der Waals surface area contributed by atoms with Crippen LogP contribution < -0.4 is 10.1 Å². The van der Waals surface area contributed by atoms with Gasteiger partial charge in [0.2, 0.25) is 0 Å². The van der Waals surface area contributed by atoms with Crippen molar-refractivity contribution in [1.82, 2.24) is 5.32 Å². The Labute approximate surface area is 118 Å². The van der Waals surface area contributed by atoms with Gasteiger partial charge in [-0.1, -0.05) is 19.1 Å². The third kappa shape index (κ3) is 4.42. The average molecular weight is 285 g/mol. The Balaban J connectivity index is 1.74. The first-order valence-electron chi connectivity index (χ1n) is 7.05. The van der Waals surface area contributed by atoms with Crippen LogP contribution in [0.15, 0.2) is 24.3 Å². The van der Waals surface area contributed by atoms with Gasteiger partial charge < -0.3 is 14.8 Å².